The number of hydrogen-bond donors (Lipinski definition) is 3. The van der Waals surface area contributed by atoms with Gasteiger partial charge in [-0.25, -0.2) is 0 Å². The van der Waals surface area contributed by atoms with Gasteiger partial charge in [-0.3, -0.25) is 9.96 Å². The van der Waals surface area contributed by atoms with E-state index in [-0.39, 0.29) is 10.7 Å². The predicted octanol–water partition coefficient (Wildman–Crippen LogP) is 2.41. The normalized spacial score (nSPS) is 10.4. The Kier molecular flexibility index (Phi) is 6.08. The Hall–Kier alpha value is -2.18. The van der Waals surface area contributed by atoms with Crippen molar-refractivity contribution in [1.82, 2.24) is 0 Å². The first-order valence-electron chi connectivity index (χ1n) is 6.20. The molecule has 0 spiro atoms. The smallest absolute Gasteiger partial charge is 0.294 e. The molecule has 0 unspecified atom stereocenters. The van der Waals surface area contributed by atoms with Crippen molar-refractivity contribution in [2.75, 3.05) is 0 Å². The molecule has 0 radical (unpaired) electrons. The van der Waals surface area contributed by atoms with Crippen molar-refractivity contribution >= 4 is 16.0 Å². The van der Waals surface area contributed by atoms with Gasteiger partial charge in [-0.2, -0.15) is 8.42 Å². The zero-order chi connectivity index (χ0) is 15.9. The highest BCUT2D eigenvalue weighted by molar-refractivity contribution is 7.85. The molecule has 0 atom stereocenters. The average molecular weight is 306 g/mol. The minimum atomic E-state index is -4.02. The maximum atomic E-state index is 10.5. The van der Waals surface area contributed by atoms with E-state index >= 15 is 0 Å². The van der Waals surface area contributed by atoms with Crippen molar-refractivity contribution in [3.05, 3.63) is 65.7 Å². The number of amidine groups is 1. The van der Waals surface area contributed by atoms with Crippen LogP contribution in [0.5, 0.6) is 0 Å². The van der Waals surface area contributed by atoms with Gasteiger partial charge < -0.3 is 5.73 Å². The van der Waals surface area contributed by atoms with E-state index in [9.17, 15) is 8.42 Å². The largest absolute Gasteiger partial charge is 0.387 e. The molecular formula is C15H18N2O3S. The first kappa shape index (κ1) is 16.9. The van der Waals surface area contributed by atoms with Crippen LogP contribution in [0.25, 0.3) is 0 Å². The van der Waals surface area contributed by atoms with E-state index in [4.69, 9.17) is 15.7 Å². The molecule has 0 aromatic heterocycles. The molecule has 2 rings (SSSR count). The monoisotopic (exact) mass is 306 g/mol. The van der Waals surface area contributed by atoms with Gasteiger partial charge in [0.15, 0.2) is 0 Å². The number of nitrogens with one attached hydrogen (secondary N) is 1. The molecule has 0 aliphatic carbocycles. The fourth-order valence-corrected chi connectivity index (χ4v) is 2.01. The molecule has 2 aromatic rings. The second-order valence-electron chi connectivity index (χ2n) is 4.48. The van der Waals surface area contributed by atoms with E-state index in [0.717, 1.165) is 11.1 Å². The average Bonchev–Trinajstić information content (AvgIpc) is 2.39. The van der Waals surface area contributed by atoms with Gasteiger partial charge in [-0.15, -0.1) is 0 Å². The lowest BCUT2D eigenvalue weighted by Crippen LogP contribution is -2.12. The zero-order valence-corrected chi connectivity index (χ0v) is 12.5. The molecule has 0 bridgehead atoms. The second-order valence-corrected chi connectivity index (χ2v) is 5.90. The van der Waals surface area contributed by atoms with E-state index in [2.05, 4.69) is 0 Å². The topological polar surface area (TPSA) is 104 Å². The summed E-state index contributed by atoms with van der Waals surface area (Å²) in [6.45, 7) is 1.84. The molecule has 0 fully saturated rings. The Morgan fingerprint density at radius 2 is 1.62 bits per heavy atom. The van der Waals surface area contributed by atoms with Gasteiger partial charge in [-0.05, 0) is 24.6 Å². The molecule has 112 valence electrons. The summed E-state index contributed by atoms with van der Waals surface area (Å²) in [5.74, 6) is 0.214. The fourth-order valence-electron chi connectivity index (χ4n) is 1.53. The van der Waals surface area contributed by atoms with Gasteiger partial charge in [0.2, 0.25) is 0 Å². The number of rotatable bonds is 3. The molecule has 0 heterocycles. The summed E-state index contributed by atoms with van der Waals surface area (Å²) in [4.78, 5) is -0.0666. The Morgan fingerprint density at radius 1 is 1.10 bits per heavy atom. The quantitative estimate of drug-likeness (QED) is 0.460. The van der Waals surface area contributed by atoms with E-state index in [1.165, 1.54) is 12.1 Å². The lowest BCUT2D eigenvalue weighted by atomic mass is 10.1. The van der Waals surface area contributed by atoms with Gasteiger partial charge in [0.25, 0.3) is 10.1 Å². The molecule has 4 N–H and O–H groups in total. The van der Waals surface area contributed by atoms with Crippen molar-refractivity contribution in [2.24, 2.45) is 5.73 Å². The first-order chi connectivity index (χ1) is 9.79. The predicted molar refractivity (Wildman–Crippen MR) is 83.1 cm³/mol. The summed E-state index contributed by atoms with van der Waals surface area (Å²) in [6, 6.07) is 15.7. The first-order valence-corrected chi connectivity index (χ1v) is 7.64. The van der Waals surface area contributed by atoms with Gasteiger partial charge in [0.1, 0.15) is 0 Å². The van der Waals surface area contributed by atoms with Crippen LogP contribution in [-0.4, -0.2) is 18.8 Å². The molecule has 0 saturated heterocycles. The molecule has 0 aliphatic heterocycles. The zero-order valence-electron chi connectivity index (χ0n) is 11.7. The third-order valence-corrected chi connectivity index (χ3v) is 3.42. The lowest BCUT2D eigenvalue weighted by Gasteiger charge is -1.96. The van der Waals surface area contributed by atoms with Gasteiger partial charge in [0, 0.05) is 6.42 Å². The SMILES string of the molecule is Cc1ccc(S(=O)(=O)O)cc1.N=C(N)Cc1ccccc1. The Balaban J connectivity index is 0.000000211. The van der Waals surface area contributed by atoms with Crippen LogP contribution >= 0.6 is 0 Å². The van der Waals surface area contributed by atoms with Crippen molar-refractivity contribution in [3.8, 4) is 0 Å². The lowest BCUT2D eigenvalue weighted by molar-refractivity contribution is 0.483. The third-order valence-electron chi connectivity index (χ3n) is 2.56. The molecule has 0 aliphatic rings. The standard InChI is InChI=1S/C8H10N2.C7H8O3S/c9-8(10)6-7-4-2-1-3-5-7;1-6-2-4-7(5-3-6)11(8,9)10/h1-5H,6H2,(H3,9,10);2-5H,1H3,(H,8,9,10). The molecule has 5 nitrogen and oxygen atoms in total. The molecule has 2 aromatic carbocycles. The fraction of sp³-hybridized carbons (Fsp3) is 0.133. The summed E-state index contributed by atoms with van der Waals surface area (Å²) < 4.78 is 29.6. The summed E-state index contributed by atoms with van der Waals surface area (Å²) in [7, 11) is -4.02. The Bertz CT molecular complexity index is 681. The number of nitrogens with two attached hydrogens (primary N) is 1. The maximum absolute atomic E-state index is 10.5. The van der Waals surface area contributed by atoms with Crippen LogP contribution in [0.2, 0.25) is 0 Å². The minimum Gasteiger partial charge on any atom is -0.387 e. The number of aryl methyl sites for hydroxylation is 1. The van der Waals surface area contributed by atoms with Crippen LogP contribution in [0.3, 0.4) is 0 Å². The van der Waals surface area contributed by atoms with Crippen molar-refractivity contribution < 1.29 is 13.0 Å². The summed E-state index contributed by atoms with van der Waals surface area (Å²) in [5, 5.41) is 7.01. The van der Waals surface area contributed by atoms with Crippen LogP contribution < -0.4 is 5.73 Å². The molecule has 0 amide bonds. The van der Waals surface area contributed by atoms with Gasteiger partial charge in [0.05, 0.1) is 10.7 Å². The van der Waals surface area contributed by atoms with Gasteiger partial charge in [-0.1, -0.05) is 48.0 Å². The van der Waals surface area contributed by atoms with Crippen LogP contribution in [0, 0.1) is 12.3 Å². The Labute approximate surface area is 124 Å². The molecule has 6 heteroatoms. The van der Waals surface area contributed by atoms with Gasteiger partial charge >= 0.3 is 0 Å². The maximum Gasteiger partial charge on any atom is 0.294 e. The molecule has 0 saturated carbocycles. The highest BCUT2D eigenvalue weighted by Crippen LogP contribution is 2.08. The van der Waals surface area contributed by atoms with Crippen molar-refractivity contribution in [1.29, 1.82) is 5.41 Å². The van der Waals surface area contributed by atoms with Crippen LogP contribution in [0.1, 0.15) is 11.1 Å². The number of benzene rings is 2. The summed E-state index contributed by atoms with van der Waals surface area (Å²) in [5.41, 5.74) is 7.26. The molecular weight excluding hydrogens is 288 g/mol. The van der Waals surface area contributed by atoms with Crippen molar-refractivity contribution in [3.63, 3.8) is 0 Å². The molecule has 21 heavy (non-hydrogen) atoms. The summed E-state index contributed by atoms with van der Waals surface area (Å²) in [6.07, 6.45) is 0.556. The van der Waals surface area contributed by atoms with Crippen LogP contribution in [-0.2, 0) is 16.5 Å². The Morgan fingerprint density at radius 3 is 2.05 bits per heavy atom. The van der Waals surface area contributed by atoms with E-state index in [0.29, 0.717) is 6.42 Å². The summed E-state index contributed by atoms with van der Waals surface area (Å²) >= 11 is 0. The van der Waals surface area contributed by atoms with Crippen LogP contribution in [0.4, 0.5) is 0 Å². The van der Waals surface area contributed by atoms with E-state index < -0.39 is 10.1 Å². The highest BCUT2D eigenvalue weighted by atomic mass is 32.2. The van der Waals surface area contributed by atoms with E-state index in [1.807, 2.05) is 37.3 Å². The van der Waals surface area contributed by atoms with E-state index in [1.54, 1.807) is 12.1 Å². The number of hydrogen-bond acceptors (Lipinski definition) is 3. The second kappa shape index (κ2) is 7.56. The van der Waals surface area contributed by atoms with Crippen LogP contribution in [0.15, 0.2) is 59.5 Å². The highest BCUT2D eigenvalue weighted by Gasteiger charge is 2.06. The third kappa shape index (κ3) is 6.69. The van der Waals surface area contributed by atoms with Crippen molar-refractivity contribution in [2.45, 2.75) is 18.2 Å². The minimum absolute atomic E-state index is 0.0666.